The van der Waals surface area contributed by atoms with E-state index in [-0.39, 0.29) is 6.10 Å². The maximum atomic E-state index is 5.27. The van der Waals surface area contributed by atoms with Crippen molar-refractivity contribution in [3.05, 3.63) is 30.3 Å². The minimum Gasteiger partial charge on any atom is -0.477 e. The molecule has 1 radical (unpaired) electrons. The molecular weight excluding hydrogens is 136 g/mol. The molecule has 0 heterocycles. The Bertz CT molecular complexity index is 245. The van der Waals surface area contributed by atoms with Gasteiger partial charge in [0, 0.05) is 6.07 Å². The van der Waals surface area contributed by atoms with Gasteiger partial charge in [0.25, 0.3) is 0 Å². The lowest BCUT2D eigenvalue weighted by atomic mass is 10.3. The van der Waals surface area contributed by atoms with Crippen molar-refractivity contribution in [3.63, 3.8) is 0 Å². The summed E-state index contributed by atoms with van der Waals surface area (Å²) in [4.78, 5) is 0. The molecule has 0 aliphatic rings. The Morgan fingerprint density at radius 1 is 1.64 bits per heavy atom. The number of terminal acetylenes is 1. The SMILES string of the molecule is C#CC(C)Oc1[c]cccc1. The Labute approximate surface area is 67.0 Å². The highest BCUT2D eigenvalue weighted by Gasteiger charge is 1.96. The number of ether oxygens (including phenoxy) is 1. The summed E-state index contributed by atoms with van der Waals surface area (Å²) in [7, 11) is 0. The molecule has 0 fully saturated rings. The van der Waals surface area contributed by atoms with E-state index < -0.39 is 0 Å². The number of para-hydroxylation sites is 1. The van der Waals surface area contributed by atoms with Crippen molar-refractivity contribution in [2.75, 3.05) is 0 Å². The Kier molecular flexibility index (Phi) is 2.57. The van der Waals surface area contributed by atoms with Crippen LogP contribution in [0.25, 0.3) is 0 Å². The standard InChI is InChI=1S/C10H9O/c1-3-9(2)11-10-7-5-4-6-8-10/h1,4-7,9H,2H3. The zero-order valence-electron chi connectivity index (χ0n) is 6.37. The molecule has 55 valence electrons. The van der Waals surface area contributed by atoms with Gasteiger partial charge in [-0.3, -0.25) is 0 Å². The fourth-order valence-electron chi connectivity index (χ4n) is 0.675. The summed E-state index contributed by atoms with van der Waals surface area (Å²) in [5.74, 6) is 3.16. The monoisotopic (exact) mass is 145 g/mol. The fraction of sp³-hybridized carbons (Fsp3) is 0.200. The Hall–Kier alpha value is -1.42. The van der Waals surface area contributed by atoms with Crippen LogP contribution in [-0.2, 0) is 0 Å². The van der Waals surface area contributed by atoms with E-state index in [0.717, 1.165) is 0 Å². The van der Waals surface area contributed by atoms with E-state index in [1.54, 1.807) is 6.07 Å². The molecule has 0 aliphatic carbocycles. The van der Waals surface area contributed by atoms with Gasteiger partial charge in [0.05, 0.1) is 0 Å². The van der Waals surface area contributed by atoms with Crippen molar-refractivity contribution in [1.29, 1.82) is 0 Å². The third kappa shape index (κ3) is 2.35. The molecular formula is C10H9O. The van der Waals surface area contributed by atoms with E-state index in [9.17, 15) is 0 Å². The summed E-state index contributed by atoms with van der Waals surface area (Å²) in [6.45, 7) is 1.82. The smallest absolute Gasteiger partial charge is 0.156 e. The molecule has 0 saturated heterocycles. The van der Waals surface area contributed by atoms with Crippen molar-refractivity contribution in [2.45, 2.75) is 13.0 Å². The van der Waals surface area contributed by atoms with Crippen LogP contribution in [0.4, 0.5) is 0 Å². The molecule has 0 aliphatic heterocycles. The van der Waals surface area contributed by atoms with E-state index in [1.807, 2.05) is 25.1 Å². The Balaban J connectivity index is 2.60. The van der Waals surface area contributed by atoms with Gasteiger partial charge in [0.15, 0.2) is 6.10 Å². The molecule has 1 rings (SSSR count). The molecule has 1 nitrogen and oxygen atoms in total. The van der Waals surface area contributed by atoms with Gasteiger partial charge in [0.1, 0.15) is 5.75 Å². The van der Waals surface area contributed by atoms with Gasteiger partial charge >= 0.3 is 0 Å². The van der Waals surface area contributed by atoms with Crippen LogP contribution in [0, 0.1) is 18.4 Å². The maximum absolute atomic E-state index is 5.27. The molecule has 1 heteroatoms. The molecule has 0 saturated carbocycles. The second-order valence-corrected chi connectivity index (χ2v) is 2.15. The minimum absolute atomic E-state index is 0.186. The fourth-order valence-corrected chi connectivity index (χ4v) is 0.675. The second kappa shape index (κ2) is 3.68. The molecule has 11 heavy (non-hydrogen) atoms. The lowest BCUT2D eigenvalue weighted by molar-refractivity contribution is 0.278. The first-order valence-electron chi connectivity index (χ1n) is 3.42. The summed E-state index contributed by atoms with van der Waals surface area (Å²) < 4.78 is 5.27. The second-order valence-electron chi connectivity index (χ2n) is 2.15. The third-order valence-electron chi connectivity index (χ3n) is 1.22. The molecule has 0 amide bonds. The predicted molar refractivity (Wildman–Crippen MR) is 44.2 cm³/mol. The molecule has 1 aromatic carbocycles. The van der Waals surface area contributed by atoms with Gasteiger partial charge < -0.3 is 4.74 Å². The predicted octanol–water partition coefficient (Wildman–Crippen LogP) is 1.89. The van der Waals surface area contributed by atoms with E-state index in [4.69, 9.17) is 11.2 Å². The van der Waals surface area contributed by atoms with Crippen LogP contribution in [0.15, 0.2) is 24.3 Å². The van der Waals surface area contributed by atoms with E-state index in [1.165, 1.54) is 0 Å². The number of rotatable bonds is 2. The Morgan fingerprint density at radius 3 is 3.00 bits per heavy atom. The normalized spacial score (nSPS) is 11.6. The van der Waals surface area contributed by atoms with E-state index in [0.29, 0.717) is 5.75 Å². The first-order chi connectivity index (χ1) is 5.33. The molecule has 0 spiro atoms. The lowest BCUT2D eigenvalue weighted by Gasteiger charge is -2.06. The summed E-state index contributed by atoms with van der Waals surface area (Å²) in [6.07, 6.45) is 4.94. The average molecular weight is 145 g/mol. The van der Waals surface area contributed by atoms with Crippen LogP contribution in [0.3, 0.4) is 0 Å². The van der Waals surface area contributed by atoms with E-state index in [2.05, 4.69) is 12.0 Å². The largest absolute Gasteiger partial charge is 0.477 e. The molecule has 1 unspecified atom stereocenters. The van der Waals surface area contributed by atoms with Crippen molar-refractivity contribution in [3.8, 4) is 18.1 Å². The molecule has 1 aromatic rings. The summed E-state index contributed by atoms with van der Waals surface area (Å²) in [5, 5.41) is 0. The summed E-state index contributed by atoms with van der Waals surface area (Å²) >= 11 is 0. The van der Waals surface area contributed by atoms with Gasteiger partial charge in [-0.15, -0.1) is 6.42 Å². The first-order valence-corrected chi connectivity index (χ1v) is 3.42. The van der Waals surface area contributed by atoms with Gasteiger partial charge in [-0.05, 0) is 13.0 Å². The molecule has 0 bridgehead atoms. The van der Waals surface area contributed by atoms with Gasteiger partial charge in [-0.2, -0.15) is 0 Å². The molecule has 0 N–H and O–H groups in total. The maximum Gasteiger partial charge on any atom is 0.156 e. The van der Waals surface area contributed by atoms with Crippen molar-refractivity contribution < 1.29 is 4.74 Å². The zero-order valence-corrected chi connectivity index (χ0v) is 6.37. The molecule has 1 atom stereocenters. The van der Waals surface area contributed by atoms with Crippen molar-refractivity contribution in [2.24, 2.45) is 0 Å². The Morgan fingerprint density at radius 2 is 2.45 bits per heavy atom. The minimum atomic E-state index is -0.186. The zero-order chi connectivity index (χ0) is 8.10. The van der Waals surface area contributed by atoms with Gasteiger partial charge in [0.2, 0.25) is 0 Å². The number of hydrogen-bond acceptors (Lipinski definition) is 1. The van der Waals surface area contributed by atoms with Crippen LogP contribution in [0.2, 0.25) is 0 Å². The van der Waals surface area contributed by atoms with Crippen LogP contribution in [0.5, 0.6) is 5.75 Å². The average Bonchev–Trinajstić information content (AvgIpc) is 2.06. The summed E-state index contributed by atoms with van der Waals surface area (Å²) in [6, 6.07) is 10.3. The third-order valence-corrected chi connectivity index (χ3v) is 1.22. The number of hydrogen-bond donors (Lipinski definition) is 0. The van der Waals surface area contributed by atoms with Crippen molar-refractivity contribution >= 4 is 0 Å². The van der Waals surface area contributed by atoms with Gasteiger partial charge in [-0.1, -0.05) is 24.1 Å². The van der Waals surface area contributed by atoms with Crippen LogP contribution >= 0.6 is 0 Å². The van der Waals surface area contributed by atoms with Crippen LogP contribution < -0.4 is 4.74 Å². The quantitative estimate of drug-likeness (QED) is 0.577. The lowest BCUT2D eigenvalue weighted by Crippen LogP contribution is -2.07. The summed E-state index contributed by atoms with van der Waals surface area (Å²) in [5.41, 5.74) is 0. The highest BCUT2D eigenvalue weighted by molar-refractivity contribution is 5.20. The first kappa shape index (κ1) is 7.68. The highest BCUT2D eigenvalue weighted by Crippen LogP contribution is 2.08. The van der Waals surface area contributed by atoms with Crippen LogP contribution in [-0.4, -0.2) is 6.10 Å². The highest BCUT2D eigenvalue weighted by atomic mass is 16.5. The van der Waals surface area contributed by atoms with E-state index >= 15 is 0 Å². The van der Waals surface area contributed by atoms with Gasteiger partial charge in [-0.25, -0.2) is 0 Å². The topological polar surface area (TPSA) is 9.23 Å². The number of benzene rings is 1. The van der Waals surface area contributed by atoms with Crippen LogP contribution in [0.1, 0.15) is 6.92 Å². The molecule has 0 aromatic heterocycles. The van der Waals surface area contributed by atoms with Crippen molar-refractivity contribution in [1.82, 2.24) is 0 Å².